The van der Waals surface area contributed by atoms with Crippen molar-refractivity contribution in [1.82, 2.24) is 4.90 Å². The van der Waals surface area contributed by atoms with Gasteiger partial charge >= 0.3 is 6.03 Å². The fourth-order valence-electron chi connectivity index (χ4n) is 2.53. The number of nitrogens with zero attached hydrogens (tertiary/aromatic N) is 2. The molecule has 16 heavy (non-hydrogen) atoms. The van der Waals surface area contributed by atoms with Crippen molar-refractivity contribution in [2.24, 2.45) is 10.7 Å². The van der Waals surface area contributed by atoms with Crippen LogP contribution in [0, 0.1) is 0 Å². The van der Waals surface area contributed by atoms with Crippen molar-refractivity contribution in [2.75, 3.05) is 18.1 Å². The van der Waals surface area contributed by atoms with Gasteiger partial charge in [-0.25, -0.2) is 13.2 Å². The SMILES string of the molecule is CCN1C(=O)N=C(N)C12CCCS(=O)(=O)C2. The first kappa shape index (κ1) is 11.4. The molecule has 2 heterocycles. The van der Waals surface area contributed by atoms with Gasteiger partial charge in [0.25, 0.3) is 0 Å². The molecule has 0 aromatic rings. The number of likely N-dealkylation sites (N-methyl/N-ethyl adjacent to an activating group) is 1. The summed E-state index contributed by atoms with van der Waals surface area (Å²) in [5.74, 6) is 0.241. The maximum Gasteiger partial charge on any atom is 0.346 e. The van der Waals surface area contributed by atoms with Crippen molar-refractivity contribution in [1.29, 1.82) is 0 Å². The van der Waals surface area contributed by atoms with Crippen molar-refractivity contribution < 1.29 is 13.2 Å². The van der Waals surface area contributed by atoms with E-state index >= 15 is 0 Å². The highest BCUT2D eigenvalue weighted by Crippen LogP contribution is 2.33. The number of carbonyl (C=O) groups is 1. The molecule has 1 fully saturated rings. The van der Waals surface area contributed by atoms with Crippen LogP contribution in [-0.4, -0.2) is 48.8 Å². The third kappa shape index (κ3) is 1.50. The Kier molecular flexibility index (Phi) is 2.45. The summed E-state index contributed by atoms with van der Waals surface area (Å²) in [6.45, 7) is 2.23. The summed E-state index contributed by atoms with van der Waals surface area (Å²) < 4.78 is 23.4. The van der Waals surface area contributed by atoms with E-state index in [1.165, 1.54) is 4.90 Å². The predicted octanol–water partition coefficient (Wildman–Crippen LogP) is -0.253. The first-order valence-electron chi connectivity index (χ1n) is 5.28. The van der Waals surface area contributed by atoms with E-state index in [9.17, 15) is 13.2 Å². The molecule has 1 atom stereocenters. The van der Waals surface area contributed by atoms with Crippen LogP contribution >= 0.6 is 0 Å². The van der Waals surface area contributed by atoms with Crippen LogP contribution < -0.4 is 5.73 Å². The van der Waals surface area contributed by atoms with Crippen LogP contribution in [0.3, 0.4) is 0 Å². The fraction of sp³-hybridized carbons (Fsp3) is 0.778. The highest BCUT2D eigenvalue weighted by atomic mass is 32.2. The number of hydrogen-bond acceptors (Lipinski definition) is 4. The van der Waals surface area contributed by atoms with Gasteiger partial charge in [0.05, 0.1) is 11.5 Å². The molecule has 90 valence electrons. The molecule has 1 spiro atoms. The lowest BCUT2D eigenvalue weighted by atomic mass is 9.93. The molecule has 0 aromatic heterocycles. The van der Waals surface area contributed by atoms with Gasteiger partial charge in [-0.05, 0) is 19.8 Å². The number of aliphatic imine (C=N–C) groups is 1. The molecule has 1 saturated heterocycles. The van der Waals surface area contributed by atoms with E-state index in [4.69, 9.17) is 5.73 Å². The van der Waals surface area contributed by atoms with Crippen LogP contribution in [0.2, 0.25) is 0 Å². The van der Waals surface area contributed by atoms with Gasteiger partial charge in [-0.2, -0.15) is 4.99 Å². The predicted molar refractivity (Wildman–Crippen MR) is 60.0 cm³/mol. The van der Waals surface area contributed by atoms with Crippen LogP contribution in [0.15, 0.2) is 4.99 Å². The van der Waals surface area contributed by atoms with E-state index < -0.39 is 21.4 Å². The van der Waals surface area contributed by atoms with Gasteiger partial charge in [0, 0.05) is 6.54 Å². The first-order valence-corrected chi connectivity index (χ1v) is 7.10. The molecular weight excluding hydrogens is 230 g/mol. The Morgan fingerprint density at radius 2 is 2.25 bits per heavy atom. The molecule has 7 heteroatoms. The number of urea groups is 1. The third-order valence-electron chi connectivity index (χ3n) is 3.26. The molecule has 0 radical (unpaired) electrons. The zero-order valence-corrected chi connectivity index (χ0v) is 9.96. The van der Waals surface area contributed by atoms with Gasteiger partial charge in [0.15, 0.2) is 9.84 Å². The van der Waals surface area contributed by atoms with Crippen LogP contribution in [0.4, 0.5) is 4.79 Å². The Bertz CT molecular complexity index is 457. The largest absolute Gasteiger partial charge is 0.385 e. The van der Waals surface area contributed by atoms with Gasteiger partial charge in [0.2, 0.25) is 0 Å². The Morgan fingerprint density at radius 1 is 1.56 bits per heavy atom. The van der Waals surface area contributed by atoms with E-state index in [2.05, 4.69) is 4.99 Å². The molecule has 1 unspecified atom stereocenters. The Labute approximate surface area is 94.4 Å². The van der Waals surface area contributed by atoms with Gasteiger partial charge in [-0.3, -0.25) is 0 Å². The van der Waals surface area contributed by atoms with Crippen molar-refractivity contribution >= 4 is 21.7 Å². The quantitative estimate of drug-likeness (QED) is 0.689. The van der Waals surface area contributed by atoms with Crippen molar-refractivity contribution in [3.63, 3.8) is 0 Å². The second-order valence-corrected chi connectivity index (χ2v) is 6.44. The Hall–Kier alpha value is -1.11. The minimum absolute atomic E-state index is 0.0884. The van der Waals surface area contributed by atoms with E-state index in [0.717, 1.165) is 0 Å². The number of sulfone groups is 1. The van der Waals surface area contributed by atoms with Crippen LogP contribution in [0.1, 0.15) is 19.8 Å². The topological polar surface area (TPSA) is 92.8 Å². The summed E-state index contributed by atoms with van der Waals surface area (Å²) in [6.07, 6.45) is 1.11. The number of nitrogens with two attached hydrogens (primary N) is 1. The average molecular weight is 245 g/mol. The monoisotopic (exact) mass is 245 g/mol. The molecule has 0 saturated carbocycles. The summed E-state index contributed by atoms with van der Waals surface area (Å²) in [5, 5.41) is 0. The minimum atomic E-state index is -3.13. The Morgan fingerprint density at radius 3 is 2.81 bits per heavy atom. The highest BCUT2D eigenvalue weighted by Gasteiger charge is 2.52. The van der Waals surface area contributed by atoms with E-state index in [1.54, 1.807) is 6.92 Å². The molecule has 2 rings (SSSR count). The van der Waals surface area contributed by atoms with Gasteiger partial charge < -0.3 is 10.6 Å². The fourth-order valence-corrected chi connectivity index (χ4v) is 4.44. The van der Waals surface area contributed by atoms with Crippen LogP contribution in [0.5, 0.6) is 0 Å². The normalized spacial score (nSPS) is 33.2. The van der Waals surface area contributed by atoms with Gasteiger partial charge in [-0.1, -0.05) is 0 Å². The van der Waals surface area contributed by atoms with E-state index in [-0.39, 0.29) is 17.3 Å². The van der Waals surface area contributed by atoms with Gasteiger partial charge in [0.1, 0.15) is 11.4 Å². The van der Waals surface area contributed by atoms with E-state index in [0.29, 0.717) is 19.4 Å². The standard InChI is InChI=1S/C9H15N3O3S/c1-2-12-8(13)11-7(10)9(12)4-3-5-16(14,15)6-9/h2-6H2,1H3,(H2,10,11,13). The summed E-state index contributed by atoms with van der Waals surface area (Å²) in [5.41, 5.74) is 4.87. The molecule has 2 aliphatic heterocycles. The second-order valence-electron chi connectivity index (χ2n) is 4.25. The molecule has 2 aliphatic rings. The van der Waals surface area contributed by atoms with Crippen molar-refractivity contribution in [3.05, 3.63) is 0 Å². The number of carbonyl (C=O) groups excluding carboxylic acids is 1. The number of amidine groups is 1. The molecule has 2 N–H and O–H groups in total. The molecule has 0 aromatic carbocycles. The van der Waals surface area contributed by atoms with Crippen LogP contribution in [-0.2, 0) is 9.84 Å². The zero-order chi connectivity index (χ0) is 12.0. The van der Waals surface area contributed by atoms with Crippen LogP contribution in [0.25, 0.3) is 0 Å². The summed E-state index contributed by atoms with van der Waals surface area (Å²) in [4.78, 5) is 16.7. The summed E-state index contributed by atoms with van der Waals surface area (Å²) in [6, 6.07) is -0.419. The summed E-state index contributed by atoms with van der Waals surface area (Å²) >= 11 is 0. The molecule has 2 amide bonds. The third-order valence-corrected chi connectivity index (χ3v) is 5.09. The van der Waals surface area contributed by atoms with Crippen molar-refractivity contribution in [2.45, 2.75) is 25.3 Å². The van der Waals surface area contributed by atoms with E-state index in [1.807, 2.05) is 0 Å². The molecular formula is C9H15N3O3S. The lowest BCUT2D eigenvalue weighted by Gasteiger charge is -2.39. The number of hydrogen-bond donors (Lipinski definition) is 1. The number of rotatable bonds is 1. The first-order chi connectivity index (χ1) is 7.41. The molecule has 6 nitrogen and oxygen atoms in total. The number of amides is 2. The highest BCUT2D eigenvalue weighted by molar-refractivity contribution is 7.91. The summed E-state index contributed by atoms with van der Waals surface area (Å²) in [7, 11) is -3.13. The second kappa shape index (κ2) is 3.44. The van der Waals surface area contributed by atoms with Gasteiger partial charge in [-0.15, -0.1) is 0 Å². The molecule has 0 bridgehead atoms. The Balaban J connectivity index is 2.43. The zero-order valence-electron chi connectivity index (χ0n) is 9.14. The maximum absolute atomic E-state index is 11.7. The lowest BCUT2D eigenvalue weighted by molar-refractivity contribution is 0.177. The lowest BCUT2D eigenvalue weighted by Crippen LogP contribution is -2.60. The minimum Gasteiger partial charge on any atom is -0.385 e. The smallest absolute Gasteiger partial charge is 0.346 e. The maximum atomic E-state index is 11.7. The van der Waals surface area contributed by atoms with Crippen molar-refractivity contribution in [3.8, 4) is 0 Å². The average Bonchev–Trinajstić information content (AvgIpc) is 2.36. The molecule has 0 aliphatic carbocycles.